The van der Waals surface area contributed by atoms with E-state index in [0.29, 0.717) is 19.8 Å². The quantitative estimate of drug-likeness (QED) is 0.576. The topological polar surface area (TPSA) is 68.8 Å². The molecule has 1 rings (SSSR count). The van der Waals surface area contributed by atoms with Gasteiger partial charge in [0.2, 0.25) is 5.91 Å². The van der Waals surface area contributed by atoms with E-state index in [1.54, 1.807) is 14.2 Å². The van der Waals surface area contributed by atoms with Gasteiger partial charge in [-0.25, -0.2) is 0 Å². The summed E-state index contributed by atoms with van der Waals surface area (Å²) in [7, 11) is 3.28. The first-order valence-electron chi connectivity index (χ1n) is 6.81. The largest absolute Gasteiger partial charge is 0.383 e. The van der Waals surface area contributed by atoms with E-state index in [1.165, 1.54) is 0 Å². The summed E-state index contributed by atoms with van der Waals surface area (Å²) in [5.74, 6) is -0.0215. The number of ether oxygens (including phenoxy) is 3. The van der Waals surface area contributed by atoms with Gasteiger partial charge in [-0.15, -0.1) is 0 Å². The fourth-order valence-corrected chi connectivity index (χ4v) is 2.26. The summed E-state index contributed by atoms with van der Waals surface area (Å²) in [6, 6.07) is -0.0770. The molecule has 1 amide bonds. The number of nitrogens with one attached hydrogen (secondary N) is 2. The molecule has 6 nitrogen and oxygen atoms in total. The van der Waals surface area contributed by atoms with Crippen molar-refractivity contribution in [3.05, 3.63) is 0 Å². The third kappa shape index (κ3) is 4.72. The Morgan fingerprint density at radius 1 is 1.42 bits per heavy atom. The Bertz CT molecular complexity index is 275. The minimum Gasteiger partial charge on any atom is -0.383 e. The van der Waals surface area contributed by atoms with Gasteiger partial charge in [0.05, 0.1) is 24.9 Å². The van der Waals surface area contributed by atoms with Crippen LogP contribution in [0.5, 0.6) is 0 Å². The summed E-state index contributed by atoms with van der Waals surface area (Å²) >= 11 is 0. The van der Waals surface area contributed by atoms with Gasteiger partial charge < -0.3 is 24.8 Å². The van der Waals surface area contributed by atoms with E-state index in [-0.39, 0.29) is 30.2 Å². The highest BCUT2D eigenvalue weighted by molar-refractivity contribution is 5.81. The summed E-state index contributed by atoms with van der Waals surface area (Å²) in [5, 5.41) is 6.08. The standard InChI is InChI=1S/C13H26N2O4/c1-5-19-11-8-10(12(11)18-4)15-9(2)13(16)14-6-7-17-3/h9-12,15H,5-8H2,1-4H3,(H,14,16). The van der Waals surface area contributed by atoms with Crippen molar-refractivity contribution in [1.29, 1.82) is 0 Å². The SMILES string of the molecule is CCOC1CC(NC(C)C(=O)NCCOC)C1OC. The highest BCUT2D eigenvalue weighted by Crippen LogP contribution is 2.27. The second-order valence-corrected chi connectivity index (χ2v) is 4.71. The van der Waals surface area contributed by atoms with Crippen LogP contribution in [0.3, 0.4) is 0 Å². The maximum absolute atomic E-state index is 11.8. The average Bonchev–Trinajstić information content (AvgIpc) is 2.37. The van der Waals surface area contributed by atoms with Crippen molar-refractivity contribution in [3.63, 3.8) is 0 Å². The monoisotopic (exact) mass is 274 g/mol. The van der Waals surface area contributed by atoms with Crippen LogP contribution in [0.15, 0.2) is 0 Å². The van der Waals surface area contributed by atoms with Gasteiger partial charge in [-0.3, -0.25) is 4.79 Å². The molecule has 0 radical (unpaired) electrons. The van der Waals surface area contributed by atoms with E-state index in [0.717, 1.165) is 6.42 Å². The minimum absolute atomic E-state index is 0.0215. The molecule has 1 saturated carbocycles. The maximum Gasteiger partial charge on any atom is 0.236 e. The zero-order chi connectivity index (χ0) is 14.3. The molecule has 4 unspecified atom stereocenters. The molecule has 2 N–H and O–H groups in total. The first kappa shape index (κ1) is 16.4. The van der Waals surface area contributed by atoms with E-state index in [1.807, 2.05) is 13.8 Å². The molecular formula is C13H26N2O4. The van der Waals surface area contributed by atoms with Gasteiger partial charge >= 0.3 is 0 Å². The smallest absolute Gasteiger partial charge is 0.236 e. The molecule has 0 saturated heterocycles. The Hall–Kier alpha value is -0.690. The van der Waals surface area contributed by atoms with Crippen molar-refractivity contribution in [3.8, 4) is 0 Å². The van der Waals surface area contributed by atoms with Crippen LogP contribution in [0.25, 0.3) is 0 Å². The molecule has 4 atom stereocenters. The molecule has 0 aromatic rings. The van der Waals surface area contributed by atoms with Crippen LogP contribution in [0.1, 0.15) is 20.3 Å². The van der Waals surface area contributed by atoms with E-state index in [9.17, 15) is 4.79 Å². The number of methoxy groups -OCH3 is 2. The van der Waals surface area contributed by atoms with Crippen LogP contribution in [0, 0.1) is 0 Å². The zero-order valence-corrected chi connectivity index (χ0v) is 12.3. The predicted octanol–water partition coefficient (Wildman–Crippen LogP) is -0.0805. The van der Waals surface area contributed by atoms with Crippen molar-refractivity contribution in [2.24, 2.45) is 0 Å². The van der Waals surface area contributed by atoms with Gasteiger partial charge in [0, 0.05) is 33.4 Å². The van der Waals surface area contributed by atoms with E-state index in [2.05, 4.69) is 10.6 Å². The first-order chi connectivity index (χ1) is 9.13. The minimum atomic E-state index is -0.248. The highest BCUT2D eigenvalue weighted by Gasteiger charge is 2.42. The molecule has 0 heterocycles. The van der Waals surface area contributed by atoms with Gasteiger partial charge in [-0.05, 0) is 20.3 Å². The molecular weight excluding hydrogens is 248 g/mol. The molecule has 0 bridgehead atoms. The fraction of sp³-hybridized carbons (Fsp3) is 0.923. The van der Waals surface area contributed by atoms with Gasteiger partial charge in [0.25, 0.3) is 0 Å². The molecule has 0 aliphatic heterocycles. The van der Waals surface area contributed by atoms with Crippen molar-refractivity contribution < 1.29 is 19.0 Å². The molecule has 1 aliphatic carbocycles. The summed E-state index contributed by atoms with van der Waals surface area (Å²) in [6.45, 7) is 5.56. The predicted molar refractivity (Wildman–Crippen MR) is 72.1 cm³/mol. The van der Waals surface area contributed by atoms with E-state index < -0.39 is 0 Å². The lowest BCUT2D eigenvalue weighted by molar-refractivity contribution is -0.138. The molecule has 19 heavy (non-hydrogen) atoms. The Morgan fingerprint density at radius 3 is 2.74 bits per heavy atom. The summed E-state index contributed by atoms with van der Waals surface area (Å²) < 4.78 is 15.8. The van der Waals surface area contributed by atoms with Crippen molar-refractivity contribution in [1.82, 2.24) is 10.6 Å². The second-order valence-electron chi connectivity index (χ2n) is 4.71. The molecule has 1 fully saturated rings. The Labute approximate surface area is 115 Å². The Morgan fingerprint density at radius 2 is 2.16 bits per heavy atom. The van der Waals surface area contributed by atoms with Crippen molar-refractivity contribution in [2.45, 2.75) is 44.6 Å². The number of carbonyl (C=O) groups is 1. The van der Waals surface area contributed by atoms with Crippen LogP contribution >= 0.6 is 0 Å². The summed E-state index contributed by atoms with van der Waals surface area (Å²) in [5.41, 5.74) is 0. The van der Waals surface area contributed by atoms with E-state index in [4.69, 9.17) is 14.2 Å². The van der Waals surface area contributed by atoms with Crippen molar-refractivity contribution in [2.75, 3.05) is 34.0 Å². The molecule has 6 heteroatoms. The third-order valence-corrected chi connectivity index (χ3v) is 3.36. The number of hydrogen-bond acceptors (Lipinski definition) is 5. The van der Waals surface area contributed by atoms with E-state index >= 15 is 0 Å². The number of rotatable bonds is 9. The Kier molecular flexibility index (Phi) is 7.30. The number of amides is 1. The van der Waals surface area contributed by atoms with Gasteiger partial charge in [-0.2, -0.15) is 0 Å². The highest BCUT2D eigenvalue weighted by atomic mass is 16.5. The van der Waals surface area contributed by atoms with Crippen LogP contribution in [-0.2, 0) is 19.0 Å². The van der Waals surface area contributed by atoms with Crippen molar-refractivity contribution >= 4 is 5.91 Å². The second kappa shape index (κ2) is 8.47. The molecule has 0 spiro atoms. The number of hydrogen-bond donors (Lipinski definition) is 2. The number of carbonyl (C=O) groups excluding carboxylic acids is 1. The van der Waals surface area contributed by atoms with Gasteiger partial charge in [0.1, 0.15) is 0 Å². The molecule has 0 aromatic heterocycles. The van der Waals surface area contributed by atoms with Crippen LogP contribution < -0.4 is 10.6 Å². The summed E-state index contributed by atoms with van der Waals surface area (Å²) in [6.07, 6.45) is 1.03. The first-order valence-corrected chi connectivity index (χ1v) is 6.81. The molecule has 1 aliphatic rings. The summed E-state index contributed by atoms with van der Waals surface area (Å²) in [4.78, 5) is 11.8. The third-order valence-electron chi connectivity index (χ3n) is 3.36. The molecule has 112 valence electrons. The molecule has 0 aromatic carbocycles. The normalized spacial score (nSPS) is 27.7. The van der Waals surface area contributed by atoms with Crippen LogP contribution in [-0.4, -0.2) is 64.2 Å². The lowest BCUT2D eigenvalue weighted by Crippen LogP contribution is -2.63. The van der Waals surface area contributed by atoms with Gasteiger partial charge in [-0.1, -0.05) is 0 Å². The fourth-order valence-electron chi connectivity index (χ4n) is 2.26. The van der Waals surface area contributed by atoms with Crippen LogP contribution in [0.2, 0.25) is 0 Å². The average molecular weight is 274 g/mol. The zero-order valence-electron chi connectivity index (χ0n) is 12.3. The van der Waals surface area contributed by atoms with Crippen LogP contribution in [0.4, 0.5) is 0 Å². The van der Waals surface area contributed by atoms with Gasteiger partial charge in [0.15, 0.2) is 0 Å². The Balaban J connectivity index is 2.28. The lowest BCUT2D eigenvalue weighted by atomic mass is 9.84. The lowest BCUT2D eigenvalue weighted by Gasteiger charge is -2.44. The maximum atomic E-state index is 11.8.